The van der Waals surface area contributed by atoms with Crippen molar-refractivity contribution in [1.82, 2.24) is 5.32 Å². The molecule has 5 heteroatoms. The first kappa shape index (κ1) is 13.2. The molecule has 0 aliphatic rings. The molecule has 2 rings (SSSR count). The molecule has 0 fully saturated rings. The van der Waals surface area contributed by atoms with Crippen LogP contribution < -0.4 is 10.1 Å². The molecule has 0 aliphatic carbocycles. The van der Waals surface area contributed by atoms with Crippen molar-refractivity contribution in [2.75, 3.05) is 13.2 Å². The lowest BCUT2D eigenvalue weighted by Crippen LogP contribution is -2.20. The largest absolute Gasteiger partial charge is 0.492 e. The summed E-state index contributed by atoms with van der Waals surface area (Å²) in [5.74, 6) is -0.395. The molecule has 19 heavy (non-hydrogen) atoms. The highest BCUT2D eigenvalue weighted by molar-refractivity contribution is 5.87. The minimum Gasteiger partial charge on any atom is -0.492 e. The first-order valence-electron chi connectivity index (χ1n) is 5.93. The highest BCUT2D eigenvalue weighted by atomic mass is 16.5. The first-order chi connectivity index (χ1) is 9.25. The van der Waals surface area contributed by atoms with Gasteiger partial charge in [0.1, 0.15) is 12.4 Å². The Morgan fingerprint density at radius 3 is 3.00 bits per heavy atom. The zero-order chi connectivity index (χ0) is 13.5. The fourth-order valence-corrected chi connectivity index (χ4v) is 1.59. The van der Waals surface area contributed by atoms with E-state index in [1.165, 1.54) is 12.1 Å². The number of rotatable bonds is 7. The van der Waals surface area contributed by atoms with Crippen molar-refractivity contribution in [3.63, 3.8) is 0 Å². The summed E-state index contributed by atoms with van der Waals surface area (Å²) in [6, 6.07) is 8.34. The molecule has 100 valence electrons. The number of carboxylic acid groups (broad SMARTS) is 1. The van der Waals surface area contributed by atoms with Gasteiger partial charge in [0.05, 0.1) is 18.1 Å². The van der Waals surface area contributed by atoms with Crippen molar-refractivity contribution in [3.8, 4) is 5.75 Å². The van der Waals surface area contributed by atoms with E-state index in [-0.39, 0.29) is 5.56 Å². The summed E-state index contributed by atoms with van der Waals surface area (Å²) in [4.78, 5) is 10.8. The van der Waals surface area contributed by atoms with E-state index >= 15 is 0 Å². The maximum Gasteiger partial charge on any atom is 0.335 e. The van der Waals surface area contributed by atoms with Gasteiger partial charge in [-0.05, 0) is 24.3 Å². The van der Waals surface area contributed by atoms with Gasteiger partial charge in [0.25, 0.3) is 0 Å². The van der Waals surface area contributed by atoms with E-state index in [9.17, 15) is 4.79 Å². The Kier molecular flexibility index (Phi) is 4.58. The Morgan fingerprint density at radius 2 is 2.26 bits per heavy atom. The lowest BCUT2D eigenvalue weighted by atomic mass is 10.2. The Hall–Kier alpha value is -2.27. The van der Waals surface area contributed by atoms with Gasteiger partial charge in [-0.2, -0.15) is 0 Å². The number of ether oxygens (including phenoxy) is 1. The molecule has 0 saturated carbocycles. The molecular formula is C14H15NO4. The Bertz CT molecular complexity index is 522. The maximum absolute atomic E-state index is 10.8. The van der Waals surface area contributed by atoms with E-state index in [4.69, 9.17) is 14.3 Å². The molecule has 2 N–H and O–H groups in total. The molecule has 0 unspecified atom stereocenters. The molecule has 0 bridgehead atoms. The van der Waals surface area contributed by atoms with Crippen LogP contribution in [0.1, 0.15) is 15.9 Å². The third-order valence-corrected chi connectivity index (χ3v) is 2.54. The molecule has 1 aromatic heterocycles. The molecular weight excluding hydrogens is 246 g/mol. The zero-order valence-electron chi connectivity index (χ0n) is 10.3. The second kappa shape index (κ2) is 6.61. The van der Waals surface area contributed by atoms with Crippen LogP contribution in [-0.4, -0.2) is 24.2 Å². The van der Waals surface area contributed by atoms with E-state index in [1.54, 1.807) is 24.7 Å². The van der Waals surface area contributed by atoms with Crippen molar-refractivity contribution in [1.29, 1.82) is 0 Å². The Balaban J connectivity index is 1.70. The minimum absolute atomic E-state index is 0.226. The van der Waals surface area contributed by atoms with Gasteiger partial charge in [0.2, 0.25) is 0 Å². The van der Waals surface area contributed by atoms with Crippen LogP contribution in [0.4, 0.5) is 0 Å². The minimum atomic E-state index is -0.955. The fraction of sp³-hybridized carbons (Fsp3) is 0.214. The summed E-state index contributed by atoms with van der Waals surface area (Å²) < 4.78 is 10.4. The number of aromatic carboxylic acids is 1. The third kappa shape index (κ3) is 4.15. The molecule has 0 amide bonds. The SMILES string of the molecule is O=C(O)c1cccc(OCCNCc2ccoc2)c1. The first-order valence-corrected chi connectivity index (χ1v) is 5.93. The monoisotopic (exact) mass is 261 g/mol. The van der Waals surface area contributed by atoms with Crippen molar-refractivity contribution in [3.05, 3.63) is 54.0 Å². The van der Waals surface area contributed by atoms with Crippen molar-refractivity contribution < 1.29 is 19.1 Å². The number of hydrogen-bond donors (Lipinski definition) is 2. The van der Waals surface area contributed by atoms with E-state index < -0.39 is 5.97 Å². The predicted molar refractivity (Wildman–Crippen MR) is 69.3 cm³/mol. The van der Waals surface area contributed by atoms with E-state index in [0.29, 0.717) is 18.9 Å². The van der Waals surface area contributed by atoms with Gasteiger partial charge in [-0.1, -0.05) is 6.07 Å². The summed E-state index contributed by atoms with van der Waals surface area (Å²) in [7, 11) is 0. The summed E-state index contributed by atoms with van der Waals surface area (Å²) in [5, 5.41) is 12.0. The van der Waals surface area contributed by atoms with Crippen molar-refractivity contribution in [2.45, 2.75) is 6.54 Å². The summed E-state index contributed by atoms with van der Waals surface area (Å²) >= 11 is 0. The van der Waals surface area contributed by atoms with Crippen molar-refractivity contribution >= 4 is 5.97 Å². The van der Waals surface area contributed by atoms with Gasteiger partial charge in [-0.15, -0.1) is 0 Å². The molecule has 2 aromatic rings. The average molecular weight is 261 g/mol. The lowest BCUT2D eigenvalue weighted by Gasteiger charge is -2.07. The van der Waals surface area contributed by atoms with Crippen LogP contribution in [0.25, 0.3) is 0 Å². The molecule has 0 saturated heterocycles. The lowest BCUT2D eigenvalue weighted by molar-refractivity contribution is 0.0696. The number of nitrogens with one attached hydrogen (secondary N) is 1. The molecule has 1 heterocycles. The summed E-state index contributed by atoms with van der Waals surface area (Å²) in [6.07, 6.45) is 3.31. The van der Waals surface area contributed by atoms with Crippen LogP contribution >= 0.6 is 0 Å². The van der Waals surface area contributed by atoms with Gasteiger partial charge in [-0.25, -0.2) is 4.79 Å². The van der Waals surface area contributed by atoms with Crippen LogP contribution in [-0.2, 0) is 6.54 Å². The second-order valence-corrected chi connectivity index (χ2v) is 3.99. The molecule has 0 spiro atoms. The van der Waals surface area contributed by atoms with Gasteiger partial charge >= 0.3 is 5.97 Å². The molecule has 5 nitrogen and oxygen atoms in total. The molecule has 1 aromatic carbocycles. The van der Waals surface area contributed by atoms with Gasteiger partial charge < -0.3 is 19.6 Å². The highest BCUT2D eigenvalue weighted by Crippen LogP contribution is 2.12. The van der Waals surface area contributed by atoms with Gasteiger partial charge in [0, 0.05) is 18.7 Å². The van der Waals surface area contributed by atoms with Crippen LogP contribution in [0.3, 0.4) is 0 Å². The number of hydrogen-bond acceptors (Lipinski definition) is 4. The van der Waals surface area contributed by atoms with Gasteiger partial charge in [0.15, 0.2) is 0 Å². The third-order valence-electron chi connectivity index (χ3n) is 2.54. The maximum atomic E-state index is 10.8. The van der Waals surface area contributed by atoms with E-state index in [1.807, 2.05) is 6.07 Å². The average Bonchev–Trinajstić information content (AvgIpc) is 2.92. The normalized spacial score (nSPS) is 10.3. The van der Waals surface area contributed by atoms with E-state index in [0.717, 1.165) is 12.1 Å². The molecule has 0 radical (unpaired) electrons. The summed E-state index contributed by atoms with van der Waals surface area (Å²) in [6.45, 7) is 1.86. The highest BCUT2D eigenvalue weighted by Gasteiger charge is 2.03. The Labute approximate surface area is 110 Å². The Morgan fingerprint density at radius 1 is 1.37 bits per heavy atom. The number of carbonyl (C=O) groups is 1. The van der Waals surface area contributed by atoms with Gasteiger partial charge in [-0.3, -0.25) is 0 Å². The fourth-order valence-electron chi connectivity index (χ4n) is 1.59. The van der Waals surface area contributed by atoms with Crippen LogP contribution in [0, 0.1) is 0 Å². The quantitative estimate of drug-likeness (QED) is 0.747. The van der Waals surface area contributed by atoms with Crippen LogP contribution in [0.15, 0.2) is 47.3 Å². The zero-order valence-corrected chi connectivity index (χ0v) is 10.3. The number of carboxylic acids is 1. The summed E-state index contributed by atoms with van der Waals surface area (Å²) in [5.41, 5.74) is 1.30. The molecule has 0 aliphatic heterocycles. The van der Waals surface area contributed by atoms with E-state index in [2.05, 4.69) is 5.32 Å². The van der Waals surface area contributed by atoms with Crippen LogP contribution in [0.5, 0.6) is 5.75 Å². The predicted octanol–water partition coefficient (Wildman–Crippen LogP) is 2.15. The topological polar surface area (TPSA) is 71.7 Å². The molecule has 0 atom stereocenters. The number of furan rings is 1. The van der Waals surface area contributed by atoms with Crippen molar-refractivity contribution in [2.24, 2.45) is 0 Å². The smallest absolute Gasteiger partial charge is 0.335 e. The standard InChI is InChI=1S/C14H15NO4/c16-14(17)12-2-1-3-13(8-12)19-7-5-15-9-11-4-6-18-10-11/h1-4,6,8,10,15H,5,7,9H2,(H,16,17). The van der Waals surface area contributed by atoms with Crippen LogP contribution in [0.2, 0.25) is 0 Å². The second-order valence-electron chi connectivity index (χ2n) is 3.99. The number of benzene rings is 1.